The van der Waals surface area contributed by atoms with Crippen molar-refractivity contribution in [3.05, 3.63) is 45.6 Å². The van der Waals surface area contributed by atoms with E-state index in [0.29, 0.717) is 12.2 Å². The first-order valence-corrected chi connectivity index (χ1v) is 7.18. The van der Waals surface area contributed by atoms with Gasteiger partial charge in [-0.3, -0.25) is 4.79 Å². The maximum atomic E-state index is 12.7. The van der Waals surface area contributed by atoms with Crippen LogP contribution in [0.1, 0.15) is 0 Å². The van der Waals surface area contributed by atoms with Crippen LogP contribution in [0.3, 0.4) is 0 Å². The summed E-state index contributed by atoms with van der Waals surface area (Å²) in [5, 5.41) is 7.18. The van der Waals surface area contributed by atoms with Gasteiger partial charge in [0, 0.05) is 38.1 Å². The fourth-order valence-electron chi connectivity index (χ4n) is 2.81. The van der Waals surface area contributed by atoms with Crippen molar-refractivity contribution in [1.29, 1.82) is 0 Å². The number of rotatable bonds is 4. The molecule has 0 atom stereocenters. The first-order valence-electron chi connectivity index (χ1n) is 7.18. The number of hydrogen-bond donors (Lipinski definition) is 1. The lowest BCUT2D eigenvalue weighted by Gasteiger charge is -2.29. The zero-order chi connectivity index (χ0) is 14.7. The second-order valence-electron chi connectivity index (χ2n) is 5.13. The number of benzene rings is 1. The largest absolute Gasteiger partial charge is 0.365 e. The first kappa shape index (κ1) is 13.8. The van der Waals surface area contributed by atoms with Crippen molar-refractivity contribution in [3.8, 4) is 0 Å². The van der Waals surface area contributed by atoms with E-state index in [-0.39, 0.29) is 12.1 Å². The smallest absolute Gasteiger partial charge is 0.274 e. The number of nitrogens with zero attached hydrogens (tertiary/aromatic N) is 3. The van der Waals surface area contributed by atoms with Gasteiger partial charge in [-0.15, -0.1) is 0 Å². The van der Waals surface area contributed by atoms with E-state index in [9.17, 15) is 9.70 Å². The van der Waals surface area contributed by atoms with Crippen molar-refractivity contribution in [2.24, 2.45) is 5.18 Å². The Balaban J connectivity index is 2.13. The topological polar surface area (TPSA) is 66.7 Å². The number of nitrogens with one attached hydrogen (secondary N) is 1. The maximum absolute atomic E-state index is 12.7. The molecule has 0 spiro atoms. The summed E-state index contributed by atoms with van der Waals surface area (Å²) in [6.45, 7) is 3.82. The molecule has 1 N–H and O–H groups in total. The van der Waals surface area contributed by atoms with Crippen LogP contribution in [0.4, 0.5) is 5.69 Å². The summed E-state index contributed by atoms with van der Waals surface area (Å²) in [7, 11) is 0. The molecule has 1 aromatic heterocycles. The molecule has 0 bridgehead atoms. The van der Waals surface area contributed by atoms with Gasteiger partial charge in [-0.05, 0) is 12.1 Å². The van der Waals surface area contributed by atoms with Gasteiger partial charge >= 0.3 is 0 Å². The Morgan fingerprint density at radius 1 is 1.19 bits per heavy atom. The second-order valence-corrected chi connectivity index (χ2v) is 5.13. The number of aromatic nitrogens is 1. The Hall–Kier alpha value is -2.21. The number of hydrogen-bond acceptors (Lipinski definition) is 5. The molecule has 2 aromatic rings. The predicted octanol–water partition coefficient (Wildman–Crippen LogP) is 1.18. The highest BCUT2D eigenvalue weighted by molar-refractivity contribution is 5.82. The Bertz CT molecular complexity index is 704. The number of nitroso groups, excluding NO2 is 1. The highest BCUT2D eigenvalue weighted by atomic mass is 16.3. The third-order valence-corrected chi connectivity index (χ3v) is 3.86. The fraction of sp³-hybridized carbons (Fsp3) is 0.400. The van der Waals surface area contributed by atoms with E-state index in [1.807, 2.05) is 30.3 Å². The molecular weight excluding hydrogens is 268 g/mol. The third-order valence-electron chi connectivity index (χ3n) is 3.86. The maximum Gasteiger partial charge on any atom is 0.274 e. The SMILES string of the molecule is O=NCCn1c(=O)c(N2CCNCC2)cc2ccccc21. The molecule has 1 saturated heterocycles. The van der Waals surface area contributed by atoms with Crippen LogP contribution < -0.4 is 15.8 Å². The van der Waals surface area contributed by atoms with E-state index in [1.54, 1.807) is 4.57 Å². The van der Waals surface area contributed by atoms with Gasteiger partial charge < -0.3 is 14.8 Å². The van der Waals surface area contributed by atoms with Gasteiger partial charge in [0.25, 0.3) is 5.56 Å². The highest BCUT2D eigenvalue weighted by Gasteiger charge is 2.17. The van der Waals surface area contributed by atoms with Crippen LogP contribution in [-0.4, -0.2) is 37.3 Å². The lowest BCUT2D eigenvalue weighted by Crippen LogP contribution is -2.46. The summed E-state index contributed by atoms with van der Waals surface area (Å²) in [6, 6.07) is 9.70. The van der Waals surface area contributed by atoms with Gasteiger partial charge in [0.15, 0.2) is 0 Å². The molecular formula is C15H18N4O2. The van der Waals surface area contributed by atoms with Gasteiger partial charge in [-0.1, -0.05) is 23.4 Å². The molecule has 1 aliphatic rings. The van der Waals surface area contributed by atoms with E-state index in [1.165, 1.54) is 0 Å². The minimum Gasteiger partial charge on any atom is -0.365 e. The third kappa shape index (κ3) is 2.67. The molecule has 0 aliphatic carbocycles. The second kappa shape index (κ2) is 6.05. The van der Waals surface area contributed by atoms with E-state index >= 15 is 0 Å². The van der Waals surface area contributed by atoms with Crippen LogP contribution in [-0.2, 0) is 6.54 Å². The molecule has 6 nitrogen and oxygen atoms in total. The van der Waals surface area contributed by atoms with Gasteiger partial charge in [0.1, 0.15) is 5.69 Å². The monoisotopic (exact) mass is 286 g/mol. The van der Waals surface area contributed by atoms with Gasteiger partial charge in [-0.2, -0.15) is 4.91 Å². The molecule has 0 saturated carbocycles. The Morgan fingerprint density at radius 2 is 1.95 bits per heavy atom. The van der Waals surface area contributed by atoms with Crippen LogP contribution in [0.5, 0.6) is 0 Å². The van der Waals surface area contributed by atoms with E-state index < -0.39 is 0 Å². The van der Waals surface area contributed by atoms with Crippen molar-refractivity contribution in [1.82, 2.24) is 9.88 Å². The molecule has 1 aromatic carbocycles. The molecule has 1 fully saturated rings. The standard InChI is InChI=1S/C15H18N4O2/c20-15-14(18-8-5-16-6-9-18)11-12-3-1-2-4-13(12)19(15)10-7-17-21/h1-4,11,16H,5-10H2. The Morgan fingerprint density at radius 3 is 2.71 bits per heavy atom. The number of para-hydroxylation sites is 1. The molecule has 3 rings (SSSR count). The van der Waals surface area contributed by atoms with Crippen LogP contribution in [0.2, 0.25) is 0 Å². The number of piperazine rings is 1. The van der Waals surface area contributed by atoms with Crippen LogP contribution in [0.25, 0.3) is 10.9 Å². The lowest BCUT2D eigenvalue weighted by atomic mass is 10.1. The molecule has 21 heavy (non-hydrogen) atoms. The van der Waals surface area contributed by atoms with Crippen molar-refractivity contribution >= 4 is 16.6 Å². The predicted molar refractivity (Wildman–Crippen MR) is 84.0 cm³/mol. The summed E-state index contributed by atoms with van der Waals surface area (Å²) < 4.78 is 1.66. The first-order chi connectivity index (χ1) is 10.3. The summed E-state index contributed by atoms with van der Waals surface area (Å²) in [5.74, 6) is 0. The summed E-state index contributed by atoms with van der Waals surface area (Å²) in [5.41, 5.74) is 1.52. The number of anilines is 1. The van der Waals surface area contributed by atoms with Gasteiger partial charge in [0.05, 0.1) is 12.1 Å². The minimum absolute atomic E-state index is 0.0424. The van der Waals surface area contributed by atoms with E-state index in [0.717, 1.165) is 37.1 Å². The average molecular weight is 286 g/mol. The summed E-state index contributed by atoms with van der Waals surface area (Å²) >= 11 is 0. The van der Waals surface area contributed by atoms with E-state index in [4.69, 9.17) is 0 Å². The van der Waals surface area contributed by atoms with Gasteiger partial charge in [-0.25, -0.2) is 0 Å². The fourth-order valence-corrected chi connectivity index (χ4v) is 2.81. The zero-order valence-electron chi connectivity index (χ0n) is 11.8. The van der Waals surface area contributed by atoms with Crippen molar-refractivity contribution in [2.75, 3.05) is 37.6 Å². The minimum atomic E-state index is -0.0424. The zero-order valence-corrected chi connectivity index (χ0v) is 11.8. The highest BCUT2D eigenvalue weighted by Crippen LogP contribution is 2.18. The van der Waals surface area contributed by atoms with Crippen molar-refractivity contribution in [2.45, 2.75) is 6.54 Å². The molecule has 1 aliphatic heterocycles. The van der Waals surface area contributed by atoms with Crippen LogP contribution in [0.15, 0.2) is 40.3 Å². The van der Waals surface area contributed by atoms with Gasteiger partial charge in [0.2, 0.25) is 0 Å². The Labute approximate surface area is 122 Å². The molecule has 0 unspecified atom stereocenters. The molecule has 110 valence electrons. The lowest BCUT2D eigenvalue weighted by molar-refractivity contribution is 0.584. The molecule has 0 amide bonds. The Kier molecular flexibility index (Phi) is 3.96. The van der Waals surface area contributed by atoms with Crippen molar-refractivity contribution in [3.63, 3.8) is 0 Å². The molecule has 6 heteroatoms. The van der Waals surface area contributed by atoms with Crippen LogP contribution >= 0.6 is 0 Å². The summed E-state index contributed by atoms with van der Waals surface area (Å²) in [6.07, 6.45) is 0. The summed E-state index contributed by atoms with van der Waals surface area (Å²) in [4.78, 5) is 25.3. The van der Waals surface area contributed by atoms with E-state index in [2.05, 4.69) is 15.4 Å². The van der Waals surface area contributed by atoms with Crippen LogP contribution in [0, 0.1) is 4.91 Å². The average Bonchev–Trinajstić information content (AvgIpc) is 2.54. The number of pyridine rings is 1. The number of fused-ring (bicyclic) bond motifs is 1. The molecule has 2 heterocycles. The van der Waals surface area contributed by atoms with Crippen molar-refractivity contribution < 1.29 is 0 Å². The molecule has 0 radical (unpaired) electrons. The quantitative estimate of drug-likeness (QED) is 0.857. The normalized spacial score (nSPS) is 15.3.